The molecule has 0 saturated heterocycles. The summed E-state index contributed by atoms with van der Waals surface area (Å²) in [4.78, 5) is 26.6. The van der Waals surface area contributed by atoms with Gasteiger partial charge in [-0.1, -0.05) is 244 Å². The van der Waals surface area contributed by atoms with Crippen molar-refractivity contribution in [2.45, 2.75) is 98.2 Å². The molecule has 0 saturated carbocycles. The molecule has 0 unspecified atom stereocenters. The summed E-state index contributed by atoms with van der Waals surface area (Å²) in [6.07, 6.45) is 0. The Morgan fingerprint density at radius 2 is 1.00 bits per heavy atom. The maximum absolute atomic E-state index is 12.7. The number of benzene rings is 8. The van der Waals surface area contributed by atoms with Gasteiger partial charge in [0.15, 0.2) is 11.6 Å². The first kappa shape index (κ1) is 55.8. The van der Waals surface area contributed by atoms with Crippen LogP contribution in [0.25, 0.3) is 112 Å². The molecule has 8 aromatic carbocycles. The summed E-state index contributed by atoms with van der Waals surface area (Å²) in [6, 6.07) is 69.6. The summed E-state index contributed by atoms with van der Waals surface area (Å²) >= 11 is 0. The summed E-state index contributed by atoms with van der Waals surface area (Å²) < 4.78 is 4.40. The zero-order chi connectivity index (χ0) is 56.8. The van der Waals surface area contributed by atoms with Crippen LogP contribution < -0.4 is 5.19 Å². The van der Waals surface area contributed by atoms with Gasteiger partial charge < -0.3 is 5.11 Å². The molecular weight excluding hydrogens is 1200 g/mol. The number of fused-ring (bicyclic) bond motifs is 4. The Bertz CT molecular complexity index is 4330. The van der Waals surface area contributed by atoms with Crippen LogP contribution >= 0.6 is 0 Å². The van der Waals surface area contributed by atoms with Crippen LogP contribution in [0.2, 0.25) is 19.6 Å². The van der Waals surface area contributed by atoms with Gasteiger partial charge in [-0.2, -0.15) is 9.97 Å². The van der Waals surface area contributed by atoms with Crippen LogP contribution in [0.1, 0.15) is 79.0 Å². The van der Waals surface area contributed by atoms with Gasteiger partial charge in [-0.3, -0.25) is 14.1 Å². The van der Waals surface area contributed by atoms with Crippen LogP contribution in [0.3, 0.4) is 0 Å². The molecule has 1 N–H and O–H groups in total. The molecule has 0 radical (unpaired) electrons. The third-order valence-corrected chi connectivity index (χ3v) is 17.6. The van der Waals surface area contributed by atoms with Gasteiger partial charge in [0.2, 0.25) is 5.95 Å². The van der Waals surface area contributed by atoms with Crippen molar-refractivity contribution < 1.29 is 26.2 Å². The van der Waals surface area contributed by atoms with E-state index in [0.29, 0.717) is 29.0 Å². The fraction of sp³-hybridized carbons (Fsp3) is 0.208. The van der Waals surface area contributed by atoms with Crippen molar-refractivity contribution in [1.29, 1.82) is 0 Å². The zero-order valence-corrected chi connectivity index (χ0v) is 52.1. The minimum Gasteiger partial charge on any atom is -0.507 e. The smallest absolute Gasteiger partial charge is 0.238 e. The summed E-state index contributed by atoms with van der Waals surface area (Å²) in [5, 5.41) is 15.1. The molecule has 0 atom stereocenters. The number of phenolic OH excluding ortho intramolecular Hbond substituents is 1. The van der Waals surface area contributed by atoms with Gasteiger partial charge in [-0.25, -0.2) is 9.97 Å². The van der Waals surface area contributed by atoms with Gasteiger partial charge in [-0.05, 0) is 57.7 Å². The van der Waals surface area contributed by atoms with E-state index < -0.39 is 8.07 Å². The van der Waals surface area contributed by atoms with Crippen LogP contribution in [0.15, 0.2) is 188 Å². The third-order valence-electron chi connectivity index (χ3n) is 15.6. The zero-order valence-electron chi connectivity index (χ0n) is 48.8. The van der Waals surface area contributed by atoms with Gasteiger partial charge in [0.25, 0.3) is 0 Å². The van der Waals surface area contributed by atoms with Crippen LogP contribution in [0.5, 0.6) is 5.75 Å². The Morgan fingerprint density at radius 3 is 1.61 bits per heavy atom. The second kappa shape index (κ2) is 21.0. The summed E-state index contributed by atoms with van der Waals surface area (Å²) in [7, 11) is -1.76. The standard InChI is InChI=1S/C72H68N7OSi.Pt/c1-70(2,3)50-40-48(39-49(41-50)58-36-38-62-64(73-58)54-31-22-23-33-59(54)79(62)69-76-66(46-27-18-14-19-28-46)75-67(77-69)47-29-20-15-21-30-47)53-32-24-34-61-63(53)74-68(56-42-51(71(4,5)6)43-57(65(56)80)72(7,8)9)78(61)60-37-35-52(81(10,11)12)44-55(60)45-25-16-13-17-26-45;/h13-38,40-44,80H,1-12H3;/q-1;. The van der Waals surface area contributed by atoms with Crippen molar-refractivity contribution >= 4 is 46.2 Å². The minimum absolute atomic E-state index is 0. The topological polar surface area (TPSA) is 94.5 Å². The van der Waals surface area contributed by atoms with Crippen molar-refractivity contribution in [2.75, 3.05) is 0 Å². The Balaban J connectivity index is 0.00000705. The second-order valence-electron chi connectivity index (χ2n) is 25.6. The van der Waals surface area contributed by atoms with E-state index >= 15 is 0 Å². The average molecular weight is 1270 g/mol. The molecule has 4 aromatic heterocycles. The Morgan fingerprint density at radius 1 is 0.439 bits per heavy atom. The van der Waals surface area contributed by atoms with Crippen molar-refractivity contribution in [3.63, 3.8) is 0 Å². The molecular formula is C72H68N7OPtSi-. The van der Waals surface area contributed by atoms with Crippen molar-refractivity contribution in [1.82, 2.24) is 34.1 Å². The normalized spacial score (nSPS) is 12.3. The fourth-order valence-corrected chi connectivity index (χ4v) is 12.1. The van der Waals surface area contributed by atoms with Crippen LogP contribution in [0.4, 0.5) is 0 Å². The predicted molar refractivity (Wildman–Crippen MR) is 339 cm³/mol. The fourth-order valence-electron chi connectivity index (χ4n) is 11.0. The van der Waals surface area contributed by atoms with E-state index in [2.05, 4.69) is 218 Å². The summed E-state index contributed by atoms with van der Waals surface area (Å²) in [5.41, 5.74) is 15.9. The molecule has 0 amide bonds. The molecule has 412 valence electrons. The van der Waals surface area contributed by atoms with Crippen LogP contribution in [0, 0.1) is 6.07 Å². The number of rotatable bonds is 9. The van der Waals surface area contributed by atoms with Gasteiger partial charge in [0, 0.05) is 54.4 Å². The molecule has 82 heavy (non-hydrogen) atoms. The number of phenols is 1. The average Bonchev–Trinajstić information content (AvgIpc) is 4.22. The second-order valence-corrected chi connectivity index (χ2v) is 30.7. The molecule has 0 fully saturated rings. The third kappa shape index (κ3) is 10.3. The van der Waals surface area contributed by atoms with Crippen molar-refractivity contribution in [2.24, 2.45) is 0 Å². The van der Waals surface area contributed by atoms with E-state index in [1.165, 1.54) is 5.19 Å². The number of aromatic hydroxyl groups is 1. The number of imidazole rings is 1. The number of nitrogens with zero attached hydrogens (tertiary/aromatic N) is 7. The number of hydrogen-bond donors (Lipinski definition) is 1. The summed E-state index contributed by atoms with van der Waals surface area (Å²) in [6.45, 7) is 27.2. The molecule has 12 aromatic rings. The first-order valence-corrected chi connectivity index (χ1v) is 31.6. The molecule has 12 rings (SSSR count). The summed E-state index contributed by atoms with van der Waals surface area (Å²) in [5.74, 6) is 2.60. The van der Waals surface area contributed by atoms with Crippen LogP contribution in [-0.2, 0) is 37.3 Å². The number of aromatic nitrogens is 7. The first-order valence-electron chi connectivity index (χ1n) is 28.1. The van der Waals surface area contributed by atoms with Gasteiger partial charge in [-0.15, -0.1) is 29.3 Å². The van der Waals surface area contributed by atoms with E-state index in [4.69, 9.17) is 24.9 Å². The van der Waals surface area contributed by atoms with E-state index in [1.807, 2.05) is 66.7 Å². The molecule has 10 heteroatoms. The Kier molecular flexibility index (Phi) is 14.3. The monoisotopic (exact) mass is 1270 g/mol. The van der Waals surface area contributed by atoms with Crippen molar-refractivity contribution in [3.05, 3.63) is 211 Å². The van der Waals surface area contributed by atoms with Crippen molar-refractivity contribution in [3.8, 4) is 85.1 Å². The molecule has 0 bridgehead atoms. The largest absolute Gasteiger partial charge is 0.507 e. The predicted octanol–water partition coefficient (Wildman–Crippen LogP) is 17.6. The Labute approximate surface area is 497 Å². The number of pyridine rings is 1. The van der Waals surface area contributed by atoms with Crippen LogP contribution in [-0.4, -0.2) is 47.2 Å². The van der Waals surface area contributed by atoms with E-state index in [1.54, 1.807) is 0 Å². The maximum Gasteiger partial charge on any atom is 0.238 e. The molecule has 0 spiro atoms. The first-order chi connectivity index (χ1) is 38.6. The quantitative estimate of drug-likeness (QED) is 0.114. The molecule has 8 nitrogen and oxygen atoms in total. The molecule has 0 aliphatic rings. The maximum atomic E-state index is 12.7. The SMILES string of the molecule is CC(C)(C)c1cc(-c2ccc3c(n2)c2ccccc2n3-c2nc(-c3ccccc3)nc(-c3ccccc3)n2)[c-]c(-c2cccc3c2nc(-c2cc(C(C)(C)C)cc(C(C)(C)C)c2O)n3-c2ccc([Si](C)(C)C)cc2-c2ccccc2)c1.[Pt]. The minimum atomic E-state index is -1.76. The Hall–Kier alpha value is -8.10. The van der Waals surface area contributed by atoms with E-state index in [0.717, 1.165) is 100.0 Å². The van der Waals surface area contributed by atoms with Gasteiger partial charge in [0.1, 0.15) is 11.6 Å². The van der Waals surface area contributed by atoms with Gasteiger partial charge >= 0.3 is 0 Å². The van der Waals surface area contributed by atoms with E-state index in [9.17, 15) is 5.11 Å². The molecule has 4 heterocycles. The number of para-hydroxylation sites is 2. The van der Waals surface area contributed by atoms with Gasteiger partial charge in [0.05, 0.1) is 46.9 Å². The number of hydrogen-bond acceptors (Lipinski definition) is 6. The molecule has 0 aliphatic heterocycles. The molecule has 0 aliphatic carbocycles. The van der Waals surface area contributed by atoms with E-state index in [-0.39, 0.29) is 43.1 Å².